The van der Waals surface area contributed by atoms with E-state index in [4.69, 9.17) is 0 Å². The number of rotatable bonds is 4. The first-order valence-corrected chi connectivity index (χ1v) is 6.53. The quantitative estimate of drug-likeness (QED) is 0.494. The number of H-pyrrole nitrogens is 2. The molecule has 0 atom stereocenters. The van der Waals surface area contributed by atoms with E-state index in [-0.39, 0.29) is 17.1 Å². The van der Waals surface area contributed by atoms with Gasteiger partial charge in [-0.2, -0.15) is 10.2 Å². The van der Waals surface area contributed by atoms with Crippen molar-refractivity contribution in [1.29, 1.82) is 0 Å². The molecule has 0 aliphatic heterocycles. The normalized spacial score (nSPS) is 10.5. The minimum atomic E-state index is -0.671. The summed E-state index contributed by atoms with van der Waals surface area (Å²) in [6.45, 7) is 1.48. The second kappa shape index (κ2) is 5.67. The van der Waals surface area contributed by atoms with Crippen molar-refractivity contribution in [2.75, 3.05) is 5.32 Å². The Labute approximate surface area is 129 Å². The molecule has 0 aliphatic rings. The summed E-state index contributed by atoms with van der Waals surface area (Å²) in [6.07, 6.45) is 1.37. The van der Waals surface area contributed by atoms with Gasteiger partial charge in [0.2, 0.25) is 5.69 Å². The third-order valence-electron chi connectivity index (χ3n) is 3.12. The maximum absolute atomic E-state index is 12.2. The number of anilines is 1. The predicted octanol–water partition coefficient (Wildman–Crippen LogP) is 1.66. The van der Waals surface area contributed by atoms with Crippen LogP contribution in [-0.4, -0.2) is 36.2 Å². The third kappa shape index (κ3) is 2.77. The molecule has 0 spiro atoms. The summed E-state index contributed by atoms with van der Waals surface area (Å²) in [5.41, 5.74) is 0.786. The van der Waals surface area contributed by atoms with Gasteiger partial charge in [-0.15, -0.1) is 0 Å². The Morgan fingerprint density at radius 1 is 1.35 bits per heavy atom. The topological polar surface area (TPSA) is 142 Å². The van der Waals surface area contributed by atoms with Gasteiger partial charge in [-0.3, -0.25) is 25.1 Å². The lowest BCUT2D eigenvalue weighted by Crippen LogP contribution is -2.14. The first kappa shape index (κ1) is 14.4. The van der Waals surface area contributed by atoms with Crippen molar-refractivity contribution in [3.63, 3.8) is 0 Å². The van der Waals surface area contributed by atoms with E-state index >= 15 is 0 Å². The van der Waals surface area contributed by atoms with Crippen LogP contribution in [0.3, 0.4) is 0 Å². The number of hydrogen-bond acceptors (Lipinski definition) is 6. The molecule has 3 rings (SSSR count). The van der Waals surface area contributed by atoms with E-state index in [9.17, 15) is 14.9 Å². The molecule has 0 bridgehead atoms. The highest BCUT2D eigenvalue weighted by molar-refractivity contribution is 6.06. The van der Waals surface area contributed by atoms with E-state index in [2.05, 4.69) is 30.7 Å². The number of nitrogens with zero attached hydrogens (tertiary/aromatic N) is 4. The fourth-order valence-electron chi connectivity index (χ4n) is 2.08. The Balaban J connectivity index is 1.87. The highest BCUT2D eigenvalue weighted by Gasteiger charge is 2.27. The number of aromatic amines is 2. The molecule has 2 aromatic heterocycles. The van der Waals surface area contributed by atoms with Crippen LogP contribution in [0.2, 0.25) is 0 Å². The first-order valence-electron chi connectivity index (χ1n) is 6.53. The lowest BCUT2D eigenvalue weighted by atomic mass is 10.2. The summed E-state index contributed by atoms with van der Waals surface area (Å²) < 4.78 is 0. The lowest BCUT2D eigenvalue weighted by Gasteiger charge is -2.04. The molecule has 23 heavy (non-hydrogen) atoms. The molecule has 1 aromatic carbocycles. The van der Waals surface area contributed by atoms with E-state index in [1.165, 1.54) is 13.3 Å². The highest BCUT2D eigenvalue weighted by atomic mass is 16.6. The van der Waals surface area contributed by atoms with E-state index < -0.39 is 10.8 Å². The molecule has 0 unspecified atom stereocenters. The number of hydrogen-bond donors (Lipinski definition) is 3. The van der Waals surface area contributed by atoms with Gasteiger partial charge in [-0.1, -0.05) is 12.1 Å². The van der Waals surface area contributed by atoms with Crippen molar-refractivity contribution < 1.29 is 9.72 Å². The summed E-state index contributed by atoms with van der Waals surface area (Å²) in [6, 6.07) is 6.84. The van der Waals surface area contributed by atoms with Crippen molar-refractivity contribution >= 4 is 17.3 Å². The molecule has 0 radical (unpaired) electrons. The monoisotopic (exact) mass is 313 g/mol. The summed E-state index contributed by atoms with van der Waals surface area (Å²) in [7, 11) is 0. The highest BCUT2D eigenvalue weighted by Crippen LogP contribution is 2.23. The number of aromatic nitrogens is 5. The Morgan fingerprint density at radius 3 is 2.87 bits per heavy atom. The first-order chi connectivity index (χ1) is 11.1. The predicted molar refractivity (Wildman–Crippen MR) is 79.8 cm³/mol. The molecule has 3 aromatic rings. The molecular formula is C13H11N7O3. The van der Waals surface area contributed by atoms with Gasteiger partial charge in [0.1, 0.15) is 12.0 Å². The van der Waals surface area contributed by atoms with Gasteiger partial charge in [0, 0.05) is 11.3 Å². The van der Waals surface area contributed by atoms with Gasteiger partial charge in [0.15, 0.2) is 5.82 Å². The zero-order chi connectivity index (χ0) is 16.4. The van der Waals surface area contributed by atoms with Crippen LogP contribution in [0.25, 0.3) is 11.4 Å². The van der Waals surface area contributed by atoms with Gasteiger partial charge in [0.25, 0.3) is 5.91 Å². The van der Waals surface area contributed by atoms with E-state index in [1.54, 1.807) is 24.3 Å². The zero-order valence-corrected chi connectivity index (χ0v) is 11.9. The molecule has 2 heterocycles. The summed E-state index contributed by atoms with van der Waals surface area (Å²) >= 11 is 0. The second-order valence-corrected chi connectivity index (χ2v) is 4.67. The molecule has 0 saturated carbocycles. The van der Waals surface area contributed by atoms with Gasteiger partial charge in [-0.25, -0.2) is 4.98 Å². The average molecular weight is 313 g/mol. The third-order valence-corrected chi connectivity index (χ3v) is 3.12. The van der Waals surface area contributed by atoms with Gasteiger partial charge in [-0.05, 0) is 19.1 Å². The van der Waals surface area contributed by atoms with Gasteiger partial charge < -0.3 is 5.32 Å². The largest absolute Gasteiger partial charge is 0.322 e. The Morgan fingerprint density at radius 2 is 2.17 bits per heavy atom. The number of nitro groups is 1. The maximum Gasteiger partial charge on any atom is 0.322 e. The van der Waals surface area contributed by atoms with E-state index in [0.717, 1.165) is 0 Å². The smallest absolute Gasteiger partial charge is 0.320 e. The number of carbonyl (C=O) groups is 1. The van der Waals surface area contributed by atoms with Crippen molar-refractivity contribution in [2.45, 2.75) is 6.92 Å². The standard InChI is InChI=1S/C13H11N7O3/c1-7-11(20(22)23)10(18-17-7)13(21)16-9-4-2-3-8(5-9)12-14-6-15-19-12/h2-6H,1H3,(H,16,21)(H,17,18)(H,14,15,19). The van der Waals surface area contributed by atoms with Crippen LogP contribution < -0.4 is 5.32 Å². The Bertz CT molecular complexity index is 870. The number of aryl methyl sites for hydroxylation is 1. The van der Waals surface area contributed by atoms with Crippen LogP contribution in [0.5, 0.6) is 0 Å². The van der Waals surface area contributed by atoms with E-state index in [0.29, 0.717) is 17.1 Å². The molecule has 116 valence electrons. The molecule has 0 fully saturated rings. The van der Waals surface area contributed by atoms with Crippen LogP contribution in [0.4, 0.5) is 11.4 Å². The minimum absolute atomic E-state index is 0.218. The van der Waals surface area contributed by atoms with Crippen molar-refractivity contribution in [2.24, 2.45) is 0 Å². The zero-order valence-electron chi connectivity index (χ0n) is 11.9. The fourth-order valence-corrected chi connectivity index (χ4v) is 2.08. The average Bonchev–Trinajstić information content (AvgIpc) is 3.16. The molecular weight excluding hydrogens is 302 g/mol. The molecule has 10 heteroatoms. The summed E-state index contributed by atoms with van der Waals surface area (Å²) in [5, 5.41) is 26.2. The Kier molecular flexibility index (Phi) is 3.55. The van der Waals surface area contributed by atoms with Crippen molar-refractivity contribution in [1.82, 2.24) is 25.4 Å². The van der Waals surface area contributed by atoms with Crippen LogP contribution in [0.1, 0.15) is 16.2 Å². The van der Waals surface area contributed by atoms with E-state index in [1.807, 2.05) is 0 Å². The summed E-state index contributed by atoms with van der Waals surface area (Å²) in [5.74, 6) is -0.126. The van der Waals surface area contributed by atoms with Gasteiger partial charge >= 0.3 is 5.69 Å². The SMILES string of the molecule is Cc1[nH]nc(C(=O)Nc2cccc(-c3ncn[nH]3)c2)c1[N+](=O)[O-]. The second-order valence-electron chi connectivity index (χ2n) is 4.67. The molecule has 1 amide bonds. The van der Waals surface area contributed by atoms with Crippen LogP contribution in [0.15, 0.2) is 30.6 Å². The number of benzene rings is 1. The minimum Gasteiger partial charge on any atom is -0.320 e. The number of nitrogens with one attached hydrogen (secondary N) is 3. The molecule has 10 nitrogen and oxygen atoms in total. The van der Waals surface area contributed by atoms with Gasteiger partial charge in [0.05, 0.1) is 4.92 Å². The number of amides is 1. The number of carbonyl (C=O) groups excluding carboxylic acids is 1. The molecule has 0 aliphatic carbocycles. The fraction of sp³-hybridized carbons (Fsp3) is 0.0769. The van der Waals surface area contributed by atoms with Crippen LogP contribution in [0, 0.1) is 17.0 Å². The van der Waals surface area contributed by atoms with Crippen molar-refractivity contribution in [3.05, 3.63) is 52.1 Å². The maximum atomic E-state index is 12.2. The Hall–Kier alpha value is -3.56. The van der Waals surface area contributed by atoms with Crippen LogP contribution in [-0.2, 0) is 0 Å². The lowest BCUT2D eigenvalue weighted by molar-refractivity contribution is -0.385. The summed E-state index contributed by atoms with van der Waals surface area (Å²) in [4.78, 5) is 26.6. The van der Waals surface area contributed by atoms with Crippen molar-refractivity contribution in [3.8, 4) is 11.4 Å². The molecule has 0 saturated heterocycles. The molecule has 3 N–H and O–H groups in total. The van der Waals surface area contributed by atoms with Crippen LogP contribution >= 0.6 is 0 Å².